The minimum Gasteiger partial charge on any atom is -0.312 e. The second kappa shape index (κ2) is 5.26. The number of urea groups is 1. The van der Waals surface area contributed by atoms with Gasteiger partial charge >= 0.3 is 6.03 Å². The quantitative estimate of drug-likeness (QED) is 0.817. The molecule has 0 bridgehead atoms. The summed E-state index contributed by atoms with van der Waals surface area (Å²) >= 11 is 0. The van der Waals surface area contributed by atoms with Gasteiger partial charge in [0.05, 0.1) is 5.69 Å². The first-order valence-corrected chi connectivity index (χ1v) is 7.11. The first kappa shape index (κ1) is 14.3. The molecule has 0 radical (unpaired) electrons. The fourth-order valence-electron chi connectivity index (χ4n) is 2.69. The lowest BCUT2D eigenvalue weighted by Gasteiger charge is -2.27. The molecular weight excluding hydrogens is 278 g/mol. The molecule has 2 aromatic rings. The SMILES string of the molecule is CN1C(=O)N(c2ccccc2)C(=O)C1(C)Cc1ccccn1. The molecule has 1 aromatic heterocycles. The lowest BCUT2D eigenvalue weighted by molar-refractivity contribution is -0.123. The number of benzene rings is 1. The van der Waals surface area contributed by atoms with Gasteiger partial charge in [0.15, 0.2) is 0 Å². The van der Waals surface area contributed by atoms with Crippen molar-refractivity contribution < 1.29 is 9.59 Å². The lowest BCUT2D eigenvalue weighted by atomic mass is 9.94. The number of likely N-dealkylation sites (N-methyl/N-ethyl adjacent to an activating group) is 1. The minimum absolute atomic E-state index is 0.225. The van der Waals surface area contributed by atoms with E-state index >= 15 is 0 Å². The van der Waals surface area contributed by atoms with Crippen molar-refractivity contribution in [2.45, 2.75) is 18.9 Å². The molecule has 1 fully saturated rings. The molecule has 3 rings (SSSR count). The van der Waals surface area contributed by atoms with Crippen LogP contribution in [0.15, 0.2) is 54.7 Å². The zero-order chi connectivity index (χ0) is 15.7. The Morgan fingerprint density at radius 1 is 1.05 bits per heavy atom. The van der Waals surface area contributed by atoms with E-state index in [2.05, 4.69) is 4.98 Å². The van der Waals surface area contributed by atoms with Gasteiger partial charge < -0.3 is 4.90 Å². The molecule has 0 aliphatic carbocycles. The van der Waals surface area contributed by atoms with Crippen LogP contribution in [-0.4, -0.2) is 34.4 Å². The van der Waals surface area contributed by atoms with Gasteiger partial charge in [0.1, 0.15) is 5.54 Å². The lowest BCUT2D eigenvalue weighted by Crippen LogP contribution is -2.47. The molecular formula is C17H17N3O2. The summed E-state index contributed by atoms with van der Waals surface area (Å²) in [5.74, 6) is -0.225. The van der Waals surface area contributed by atoms with Gasteiger partial charge in [-0.3, -0.25) is 9.78 Å². The van der Waals surface area contributed by atoms with Crippen molar-refractivity contribution in [3.05, 3.63) is 60.4 Å². The monoisotopic (exact) mass is 295 g/mol. The van der Waals surface area contributed by atoms with Gasteiger partial charge in [0, 0.05) is 25.4 Å². The summed E-state index contributed by atoms with van der Waals surface area (Å²) in [5, 5.41) is 0. The van der Waals surface area contributed by atoms with Crippen LogP contribution in [-0.2, 0) is 11.2 Å². The van der Waals surface area contributed by atoms with Crippen LogP contribution in [0, 0.1) is 0 Å². The summed E-state index contributed by atoms with van der Waals surface area (Å²) in [6.07, 6.45) is 2.08. The van der Waals surface area contributed by atoms with Crippen LogP contribution in [0.25, 0.3) is 0 Å². The van der Waals surface area contributed by atoms with Crippen molar-refractivity contribution in [3.63, 3.8) is 0 Å². The molecule has 5 nitrogen and oxygen atoms in total. The largest absolute Gasteiger partial charge is 0.332 e. The van der Waals surface area contributed by atoms with E-state index < -0.39 is 5.54 Å². The zero-order valence-electron chi connectivity index (χ0n) is 12.6. The fourth-order valence-corrected chi connectivity index (χ4v) is 2.69. The number of hydrogen-bond acceptors (Lipinski definition) is 3. The van der Waals surface area contributed by atoms with Gasteiger partial charge in [0.25, 0.3) is 5.91 Å². The van der Waals surface area contributed by atoms with Crippen molar-refractivity contribution in [2.75, 3.05) is 11.9 Å². The van der Waals surface area contributed by atoms with E-state index in [9.17, 15) is 9.59 Å². The molecule has 1 aromatic carbocycles. The highest BCUT2D eigenvalue weighted by Crippen LogP contribution is 2.32. The van der Waals surface area contributed by atoms with E-state index in [1.807, 2.05) is 36.4 Å². The normalized spacial score (nSPS) is 21.5. The predicted octanol–water partition coefficient (Wildman–Crippen LogP) is 2.48. The molecule has 3 amide bonds. The summed E-state index contributed by atoms with van der Waals surface area (Å²) < 4.78 is 0. The Hall–Kier alpha value is -2.69. The molecule has 5 heteroatoms. The number of pyridine rings is 1. The highest BCUT2D eigenvalue weighted by Gasteiger charge is 2.53. The van der Waals surface area contributed by atoms with Crippen LogP contribution < -0.4 is 4.90 Å². The van der Waals surface area contributed by atoms with Gasteiger partial charge in [0.2, 0.25) is 0 Å². The molecule has 1 atom stereocenters. The maximum absolute atomic E-state index is 12.9. The first-order chi connectivity index (χ1) is 10.5. The van der Waals surface area contributed by atoms with Crippen LogP contribution in [0.4, 0.5) is 10.5 Å². The number of carbonyl (C=O) groups is 2. The minimum atomic E-state index is -0.929. The van der Waals surface area contributed by atoms with E-state index in [-0.39, 0.29) is 11.9 Å². The van der Waals surface area contributed by atoms with Crippen molar-refractivity contribution in [2.24, 2.45) is 0 Å². The van der Waals surface area contributed by atoms with Gasteiger partial charge in [-0.1, -0.05) is 24.3 Å². The number of rotatable bonds is 3. The van der Waals surface area contributed by atoms with Crippen LogP contribution in [0.1, 0.15) is 12.6 Å². The van der Waals surface area contributed by atoms with Crippen LogP contribution in [0.5, 0.6) is 0 Å². The van der Waals surface area contributed by atoms with Crippen molar-refractivity contribution in [1.82, 2.24) is 9.88 Å². The van der Waals surface area contributed by atoms with Crippen LogP contribution >= 0.6 is 0 Å². The smallest absolute Gasteiger partial charge is 0.312 e. The van der Waals surface area contributed by atoms with Crippen molar-refractivity contribution in [3.8, 4) is 0 Å². The highest BCUT2D eigenvalue weighted by atomic mass is 16.2. The molecule has 0 spiro atoms. The number of nitrogens with zero attached hydrogens (tertiary/aromatic N) is 3. The molecule has 22 heavy (non-hydrogen) atoms. The summed E-state index contributed by atoms with van der Waals surface area (Å²) in [6, 6.07) is 14.2. The number of para-hydroxylation sites is 1. The molecule has 2 heterocycles. The third kappa shape index (κ3) is 2.15. The maximum atomic E-state index is 12.9. The topological polar surface area (TPSA) is 53.5 Å². The van der Waals surface area contributed by atoms with Gasteiger partial charge in [-0.2, -0.15) is 0 Å². The Morgan fingerprint density at radius 3 is 2.36 bits per heavy atom. The number of carbonyl (C=O) groups excluding carboxylic acids is 2. The average Bonchev–Trinajstić information content (AvgIpc) is 2.70. The van der Waals surface area contributed by atoms with Crippen LogP contribution in [0.3, 0.4) is 0 Å². The predicted molar refractivity (Wildman–Crippen MR) is 83.4 cm³/mol. The fraction of sp³-hybridized carbons (Fsp3) is 0.235. The number of amides is 3. The number of hydrogen-bond donors (Lipinski definition) is 0. The second-order valence-corrected chi connectivity index (χ2v) is 5.59. The summed E-state index contributed by atoms with van der Waals surface area (Å²) in [5.41, 5.74) is 0.448. The Labute approximate surface area is 129 Å². The summed E-state index contributed by atoms with van der Waals surface area (Å²) in [6.45, 7) is 1.78. The molecule has 0 N–H and O–H groups in total. The van der Waals surface area contributed by atoms with E-state index in [1.54, 1.807) is 32.3 Å². The van der Waals surface area contributed by atoms with E-state index in [0.29, 0.717) is 12.1 Å². The van der Waals surface area contributed by atoms with Crippen LogP contribution in [0.2, 0.25) is 0 Å². The maximum Gasteiger partial charge on any atom is 0.332 e. The Balaban J connectivity index is 1.96. The Morgan fingerprint density at radius 2 is 1.73 bits per heavy atom. The third-order valence-electron chi connectivity index (χ3n) is 4.15. The standard InChI is InChI=1S/C17H17N3O2/c1-17(12-13-8-6-7-11-18-13)15(21)20(16(22)19(17)2)14-9-4-3-5-10-14/h3-11H,12H2,1-2H3. The summed E-state index contributed by atoms with van der Waals surface area (Å²) in [7, 11) is 1.66. The zero-order valence-corrected chi connectivity index (χ0v) is 12.6. The Kier molecular flexibility index (Phi) is 3.41. The van der Waals surface area contributed by atoms with Crippen molar-refractivity contribution >= 4 is 17.6 Å². The first-order valence-electron chi connectivity index (χ1n) is 7.11. The van der Waals surface area contributed by atoms with E-state index in [0.717, 1.165) is 5.69 Å². The molecule has 1 aliphatic heterocycles. The molecule has 1 saturated heterocycles. The summed E-state index contributed by atoms with van der Waals surface area (Å²) in [4.78, 5) is 32.4. The van der Waals surface area contributed by atoms with E-state index in [1.165, 1.54) is 9.80 Å². The van der Waals surface area contributed by atoms with Crippen molar-refractivity contribution in [1.29, 1.82) is 0 Å². The number of aromatic nitrogens is 1. The van der Waals surface area contributed by atoms with Gasteiger partial charge in [-0.25, -0.2) is 9.69 Å². The molecule has 1 unspecified atom stereocenters. The van der Waals surface area contributed by atoms with E-state index in [4.69, 9.17) is 0 Å². The number of imide groups is 1. The molecule has 112 valence electrons. The highest BCUT2D eigenvalue weighted by molar-refractivity contribution is 6.23. The van der Waals surface area contributed by atoms with Gasteiger partial charge in [-0.05, 0) is 31.2 Å². The molecule has 1 aliphatic rings. The Bertz CT molecular complexity index is 702. The second-order valence-electron chi connectivity index (χ2n) is 5.59. The van der Waals surface area contributed by atoms with Gasteiger partial charge in [-0.15, -0.1) is 0 Å². The average molecular weight is 295 g/mol. The number of anilines is 1. The third-order valence-corrected chi connectivity index (χ3v) is 4.15. The molecule has 0 saturated carbocycles.